The van der Waals surface area contributed by atoms with Crippen LogP contribution in [0.1, 0.15) is 16.9 Å². The molecule has 1 fully saturated rings. The molecule has 1 amide bonds. The van der Waals surface area contributed by atoms with E-state index in [0.29, 0.717) is 18.5 Å². The monoisotopic (exact) mass is 405 g/mol. The molecule has 0 saturated carbocycles. The molecule has 1 aromatic carbocycles. The Morgan fingerprint density at radius 2 is 2.10 bits per heavy atom. The number of benzene rings is 1. The van der Waals surface area contributed by atoms with Crippen LogP contribution in [0.4, 0.5) is 0 Å². The van der Waals surface area contributed by atoms with E-state index >= 15 is 0 Å². The highest BCUT2D eigenvalue weighted by Gasteiger charge is 2.45. The van der Waals surface area contributed by atoms with E-state index in [1.807, 2.05) is 31.3 Å². The van der Waals surface area contributed by atoms with Gasteiger partial charge in [-0.15, -0.1) is 11.3 Å². The molecule has 4 heterocycles. The summed E-state index contributed by atoms with van der Waals surface area (Å²) in [6.07, 6.45) is 5.58. The molecular weight excluding hydrogens is 386 g/mol. The molecule has 5 rings (SSSR count). The molecule has 7 nitrogen and oxygen atoms in total. The Labute approximate surface area is 171 Å². The molecule has 8 heteroatoms. The number of nitrogens with one attached hydrogen (secondary N) is 1. The van der Waals surface area contributed by atoms with Crippen molar-refractivity contribution in [1.82, 2.24) is 24.8 Å². The van der Waals surface area contributed by atoms with Crippen molar-refractivity contribution in [2.75, 3.05) is 13.6 Å². The second-order valence-electron chi connectivity index (χ2n) is 7.30. The van der Waals surface area contributed by atoms with Gasteiger partial charge in [-0.05, 0) is 18.6 Å². The van der Waals surface area contributed by atoms with Crippen LogP contribution in [0.5, 0.6) is 0 Å². The van der Waals surface area contributed by atoms with Gasteiger partial charge >= 0.3 is 0 Å². The van der Waals surface area contributed by atoms with Gasteiger partial charge in [0.25, 0.3) is 5.91 Å². The summed E-state index contributed by atoms with van der Waals surface area (Å²) >= 11 is 1.58. The van der Waals surface area contributed by atoms with Crippen LogP contribution in [0.15, 0.2) is 42.9 Å². The third-order valence-corrected chi connectivity index (χ3v) is 6.46. The molecule has 4 aromatic rings. The number of fused-ring (bicyclic) bond motifs is 1. The number of thiazole rings is 1. The van der Waals surface area contributed by atoms with Crippen LogP contribution in [0.3, 0.4) is 0 Å². The fourth-order valence-electron chi connectivity index (χ4n) is 3.84. The van der Waals surface area contributed by atoms with Crippen LogP contribution in [0, 0.1) is 6.92 Å². The van der Waals surface area contributed by atoms with Gasteiger partial charge in [0, 0.05) is 49.0 Å². The average Bonchev–Trinajstić information content (AvgIpc) is 3.41. The van der Waals surface area contributed by atoms with Gasteiger partial charge in [0.2, 0.25) is 0 Å². The van der Waals surface area contributed by atoms with Crippen molar-refractivity contribution in [2.45, 2.75) is 18.9 Å². The summed E-state index contributed by atoms with van der Waals surface area (Å²) in [5, 5.41) is 11.8. The van der Waals surface area contributed by atoms with Gasteiger partial charge in [0.1, 0.15) is 10.5 Å². The molecule has 1 saturated heterocycles. The molecule has 3 aromatic heterocycles. The number of carbonyl (C=O) groups excluding carboxylic acids is 1. The van der Waals surface area contributed by atoms with E-state index in [9.17, 15) is 9.90 Å². The van der Waals surface area contributed by atoms with Gasteiger partial charge in [0.15, 0.2) is 11.2 Å². The normalized spacial score (nSPS) is 19.4. The highest BCUT2D eigenvalue weighted by atomic mass is 32.1. The number of aryl methyl sites for hydroxylation is 1. The molecule has 1 atom stereocenters. The number of nitrogens with zero attached hydrogens (tertiary/aromatic N) is 4. The lowest BCUT2D eigenvalue weighted by atomic mass is 9.90. The summed E-state index contributed by atoms with van der Waals surface area (Å²) in [5.74, 6) is -0.261. The van der Waals surface area contributed by atoms with E-state index in [-0.39, 0.29) is 5.91 Å². The van der Waals surface area contributed by atoms with Gasteiger partial charge in [-0.25, -0.2) is 9.97 Å². The third kappa shape index (κ3) is 2.75. The predicted octanol–water partition coefficient (Wildman–Crippen LogP) is 3.11. The van der Waals surface area contributed by atoms with Crippen LogP contribution in [0.25, 0.3) is 33.0 Å². The standard InChI is InChI=1S/C21H19N5O2S/c1-12-16(25-19(29-12)15-11-24-18-17(15)22-7-8-23-18)13-4-3-5-14(10-13)21(28)6-9-26(2)20(21)27/h3-5,7-8,10-11,28H,6,9H2,1-2H3,(H,23,24)/t21-/m1/s1. The smallest absolute Gasteiger partial charge is 0.258 e. The van der Waals surface area contributed by atoms with Gasteiger partial charge in [-0.2, -0.15) is 0 Å². The number of aromatic amines is 1. The topological polar surface area (TPSA) is 95.0 Å². The Balaban J connectivity index is 1.57. The maximum absolute atomic E-state index is 12.5. The molecule has 0 unspecified atom stereocenters. The van der Waals surface area contributed by atoms with Crippen LogP contribution < -0.4 is 0 Å². The van der Waals surface area contributed by atoms with E-state index < -0.39 is 5.60 Å². The lowest BCUT2D eigenvalue weighted by Crippen LogP contribution is -2.36. The molecule has 29 heavy (non-hydrogen) atoms. The number of hydrogen-bond acceptors (Lipinski definition) is 6. The summed E-state index contributed by atoms with van der Waals surface area (Å²) in [4.78, 5) is 31.8. The van der Waals surface area contributed by atoms with Crippen molar-refractivity contribution >= 4 is 28.4 Å². The van der Waals surface area contributed by atoms with Gasteiger partial charge in [-0.1, -0.05) is 18.2 Å². The first-order valence-corrected chi connectivity index (χ1v) is 10.1. The average molecular weight is 405 g/mol. The number of likely N-dealkylation sites (tertiary alicyclic amines) is 1. The van der Waals surface area contributed by atoms with Crippen molar-refractivity contribution < 1.29 is 9.90 Å². The van der Waals surface area contributed by atoms with E-state index in [1.54, 1.807) is 41.7 Å². The van der Waals surface area contributed by atoms with Crippen molar-refractivity contribution in [2.24, 2.45) is 0 Å². The van der Waals surface area contributed by atoms with Crippen molar-refractivity contribution in [3.05, 3.63) is 53.3 Å². The number of hydrogen-bond donors (Lipinski definition) is 2. The fourth-order valence-corrected chi connectivity index (χ4v) is 4.79. The number of carbonyl (C=O) groups is 1. The number of amides is 1. The molecule has 1 aliphatic heterocycles. The van der Waals surface area contributed by atoms with E-state index in [1.165, 1.54) is 0 Å². The van der Waals surface area contributed by atoms with Crippen LogP contribution in [-0.2, 0) is 10.4 Å². The second-order valence-corrected chi connectivity index (χ2v) is 8.50. The fraction of sp³-hybridized carbons (Fsp3) is 0.238. The van der Waals surface area contributed by atoms with E-state index in [0.717, 1.165) is 37.9 Å². The summed E-state index contributed by atoms with van der Waals surface area (Å²) < 4.78 is 0. The van der Waals surface area contributed by atoms with E-state index in [2.05, 4.69) is 15.0 Å². The largest absolute Gasteiger partial charge is 0.375 e. The van der Waals surface area contributed by atoms with Crippen LogP contribution in [-0.4, -0.2) is 49.4 Å². The van der Waals surface area contributed by atoms with E-state index in [4.69, 9.17) is 4.98 Å². The zero-order valence-electron chi connectivity index (χ0n) is 16.0. The maximum Gasteiger partial charge on any atom is 0.258 e. The van der Waals surface area contributed by atoms with Gasteiger partial charge in [-0.3, -0.25) is 9.78 Å². The van der Waals surface area contributed by atoms with Gasteiger partial charge < -0.3 is 15.0 Å². The molecule has 0 radical (unpaired) electrons. The number of rotatable bonds is 3. The Morgan fingerprint density at radius 1 is 1.28 bits per heavy atom. The number of aromatic nitrogens is 4. The molecule has 0 bridgehead atoms. The summed E-state index contributed by atoms with van der Waals surface area (Å²) in [5.41, 5.74) is 3.28. The summed E-state index contributed by atoms with van der Waals surface area (Å²) in [6.45, 7) is 2.56. The number of H-pyrrole nitrogens is 1. The molecule has 0 spiro atoms. The van der Waals surface area contributed by atoms with Crippen molar-refractivity contribution in [3.63, 3.8) is 0 Å². The minimum Gasteiger partial charge on any atom is -0.375 e. The number of likely N-dealkylation sites (N-methyl/N-ethyl adjacent to an activating group) is 1. The summed E-state index contributed by atoms with van der Waals surface area (Å²) in [6, 6.07) is 7.50. The lowest BCUT2D eigenvalue weighted by Gasteiger charge is -2.21. The molecule has 0 aliphatic carbocycles. The maximum atomic E-state index is 12.5. The quantitative estimate of drug-likeness (QED) is 0.546. The first-order chi connectivity index (χ1) is 14.0. The van der Waals surface area contributed by atoms with Crippen LogP contribution >= 0.6 is 11.3 Å². The first-order valence-electron chi connectivity index (χ1n) is 9.32. The molecule has 2 N–H and O–H groups in total. The highest BCUT2D eigenvalue weighted by Crippen LogP contribution is 2.38. The lowest BCUT2D eigenvalue weighted by molar-refractivity contribution is -0.143. The zero-order valence-corrected chi connectivity index (χ0v) is 16.8. The van der Waals surface area contributed by atoms with Crippen LogP contribution in [0.2, 0.25) is 0 Å². The van der Waals surface area contributed by atoms with Gasteiger partial charge in [0.05, 0.1) is 11.3 Å². The third-order valence-electron chi connectivity index (χ3n) is 5.46. The minimum atomic E-state index is -1.47. The highest BCUT2D eigenvalue weighted by molar-refractivity contribution is 7.15. The Kier molecular flexibility index (Phi) is 4.01. The molecule has 1 aliphatic rings. The zero-order chi connectivity index (χ0) is 20.2. The van der Waals surface area contributed by atoms with Crippen molar-refractivity contribution in [1.29, 1.82) is 0 Å². The second kappa shape index (κ2) is 6.47. The predicted molar refractivity (Wildman–Crippen MR) is 111 cm³/mol. The molecular formula is C21H19N5O2S. The summed E-state index contributed by atoms with van der Waals surface area (Å²) in [7, 11) is 1.71. The Hall–Kier alpha value is -3.10. The first kappa shape index (κ1) is 18.0. The minimum absolute atomic E-state index is 0.261. The SMILES string of the molecule is Cc1sc(-c2c[nH]c3nccnc23)nc1-c1cccc([C@]2(O)CCN(C)C2=O)c1. The van der Waals surface area contributed by atoms with Crippen molar-refractivity contribution in [3.8, 4) is 21.8 Å². The Morgan fingerprint density at radius 3 is 2.90 bits per heavy atom. The molecule has 146 valence electrons. The Bertz CT molecular complexity index is 1250. The number of aliphatic hydroxyl groups is 1.